The number of aromatic nitrogens is 4. The molecule has 2 unspecified atom stereocenters. The van der Waals surface area contributed by atoms with E-state index in [0.717, 1.165) is 5.56 Å². The van der Waals surface area contributed by atoms with Crippen LogP contribution in [0.15, 0.2) is 41.4 Å². The number of hydrogen-bond acceptors (Lipinski definition) is 14. The molecular weight excluding hydrogens is 585 g/mol. The number of aliphatic hydroxyl groups is 2. The van der Waals surface area contributed by atoms with Crippen molar-refractivity contribution < 1.29 is 43.6 Å². The summed E-state index contributed by atoms with van der Waals surface area (Å²) in [6, 6.07) is 8.29. The minimum Gasteiger partial charge on any atom is -0.595 e. The van der Waals surface area contributed by atoms with E-state index in [-0.39, 0.29) is 43.8 Å². The predicted octanol–water partition coefficient (Wildman–Crippen LogP) is 0.0890. The van der Waals surface area contributed by atoms with E-state index in [4.69, 9.17) is 29.4 Å². The van der Waals surface area contributed by atoms with Crippen LogP contribution >= 0.6 is 8.09 Å². The van der Waals surface area contributed by atoms with Gasteiger partial charge in [0.25, 0.3) is 8.09 Å². The molecule has 0 radical (unpaired) electrons. The summed E-state index contributed by atoms with van der Waals surface area (Å²) in [5.74, 6) is -0.492. The number of carbonyl (C=O) groups excluding carboxylic acids is 1. The second-order valence-electron chi connectivity index (χ2n) is 10.3. The highest BCUT2D eigenvalue weighted by Gasteiger charge is 2.54. The average Bonchev–Trinajstić information content (AvgIpc) is 3.51. The first kappa shape index (κ1) is 31.1. The van der Waals surface area contributed by atoms with E-state index >= 15 is 0 Å². The number of hydrogen-bond donors (Lipinski definition) is 3. The Bertz CT molecular complexity index is 1460. The monoisotopic (exact) mass is 619 g/mol. The number of methoxy groups -OCH3 is 1. The molecule has 2 aromatic heterocycles. The molecule has 2 fully saturated rings. The molecule has 2 aliphatic rings. The fraction of sp³-hybridized carbons (Fsp3) is 0.538. The van der Waals surface area contributed by atoms with E-state index in [1.807, 2.05) is 30.3 Å². The lowest BCUT2D eigenvalue weighted by atomic mass is 9.96. The Balaban J connectivity index is 1.18. The normalized spacial score (nSPS) is 27.3. The van der Waals surface area contributed by atoms with Gasteiger partial charge in [0, 0.05) is 0 Å². The Hall–Kier alpha value is -3.34. The van der Waals surface area contributed by atoms with Crippen molar-refractivity contribution in [3.63, 3.8) is 0 Å². The Labute approximate surface area is 247 Å². The molecule has 0 bridgehead atoms. The molecule has 2 saturated heterocycles. The molecule has 232 valence electrons. The van der Waals surface area contributed by atoms with Crippen LogP contribution in [0.2, 0.25) is 0 Å². The van der Waals surface area contributed by atoms with Crippen LogP contribution in [0.25, 0.3) is 11.2 Å². The summed E-state index contributed by atoms with van der Waals surface area (Å²) in [5, 5.41) is 22.1. The van der Waals surface area contributed by atoms with Crippen molar-refractivity contribution in [1.29, 1.82) is 0 Å². The maximum atomic E-state index is 12.9. The quantitative estimate of drug-likeness (QED) is 0.203. The molecule has 0 saturated carbocycles. The fourth-order valence-corrected chi connectivity index (χ4v) is 5.84. The molecule has 4 N–H and O–H groups in total. The molecule has 0 spiro atoms. The smallest absolute Gasteiger partial charge is 0.335 e. The average molecular weight is 620 g/mol. The summed E-state index contributed by atoms with van der Waals surface area (Å²) in [7, 11) is -0.863. The number of nitrogens with two attached hydrogens (primary N) is 1. The number of nitrogens with zero attached hydrogens (tertiary/aromatic N) is 6. The summed E-state index contributed by atoms with van der Waals surface area (Å²) in [6.07, 6.45) is -2.86. The minimum absolute atomic E-state index is 0.0632. The zero-order valence-corrected chi connectivity index (χ0v) is 24.7. The molecular formula is C26H34N7O9P. The highest BCUT2D eigenvalue weighted by atomic mass is 31.1. The number of carbonyl (C=O) groups is 1. The number of anilines is 1. The Morgan fingerprint density at radius 1 is 1.35 bits per heavy atom. The van der Waals surface area contributed by atoms with E-state index in [0.29, 0.717) is 12.1 Å². The molecule has 0 amide bonds. The SMILES string of the molecule is COc1nc(N)nc2c1ncn2[C@@H]1O[C@H](COC2CN([P+]([O-])=N[C@@H](C)C(=O)OCc3ccccc3)CCO2)[C@@H](O)[C@@]1(C)O. The maximum absolute atomic E-state index is 12.9. The van der Waals surface area contributed by atoms with Gasteiger partial charge in [0.05, 0.1) is 39.7 Å². The van der Waals surface area contributed by atoms with Crippen molar-refractivity contribution in [2.75, 3.05) is 39.1 Å². The first-order chi connectivity index (χ1) is 20.6. The van der Waals surface area contributed by atoms with Gasteiger partial charge >= 0.3 is 5.97 Å². The van der Waals surface area contributed by atoms with Crippen molar-refractivity contribution in [3.05, 3.63) is 42.2 Å². The number of aliphatic hydroxyl groups excluding tert-OH is 1. The van der Waals surface area contributed by atoms with Gasteiger partial charge in [-0.25, -0.2) is 9.78 Å². The largest absolute Gasteiger partial charge is 0.595 e. The molecule has 3 aromatic rings. The standard InChI is InChI=1S/C26H34N7O9P/c1-15(23(35)41-12-16-7-5-4-6-8-16)31-43(37)32-9-10-39-18(11-32)40-13-17-20(34)26(2,36)24(42-17)33-14-28-19-21(33)29-25(27)30-22(19)38-3/h4-8,14-15,17-18,20,24,34,36H,9-13H2,1-3H3,(H2,27,29,30)/t15-,17+,18?,20+,24+,26+/m0/s1. The van der Waals surface area contributed by atoms with Gasteiger partial charge in [-0.3, -0.25) is 4.57 Å². The van der Waals surface area contributed by atoms with Crippen molar-refractivity contribution in [2.45, 2.75) is 56.8 Å². The Kier molecular flexibility index (Phi) is 9.48. The molecule has 2 aliphatic heterocycles. The number of rotatable bonds is 10. The molecule has 0 aliphatic carbocycles. The van der Waals surface area contributed by atoms with E-state index in [1.54, 1.807) is 4.67 Å². The third-order valence-electron chi connectivity index (χ3n) is 7.15. The molecule has 1 aromatic carbocycles. The van der Waals surface area contributed by atoms with Gasteiger partial charge in [0.1, 0.15) is 24.4 Å². The first-order valence-corrected chi connectivity index (χ1v) is 14.7. The molecule has 5 rings (SSSR count). The topological polar surface area (TPSA) is 212 Å². The highest BCUT2D eigenvalue weighted by Crippen LogP contribution is 2.40. The summed E-state index contributed by atoms with van der Waals surface area (Å²) < 4.78 is 35.1. The second-order valence-corrected chi connectivity index (χ2v) is 11.6. The molecule has 4 heterocycles. The van der Waals surface area contributed by atoms with Gasteiger partial charge in [-0.15, -0.1) is 4.67 Å². The van der Waals surface area contributed by atoms with Crippen LogP contribution in [-0.2, 0) is 30.3 Å². The van der Waals surface area contributed by atoms with Crippen molar-refractivity contribution in [3.8, 4) is 5.88 Å². The van der Waals surface area contributed by atoms with Crippen LogP contribution < -0.4 is 15.4 Å². The third-order valence-corrected chi connectivity index (χ3v) is 8.54. The first-order valence-electron chi connectivity index (χ1n) is 13.5. The number of benzene rings is 1. The van der Waals surface area contributed by atoms with E-state index in [1.165, 1.54) is 31.9 Å². The zero-order chi connectivity index (χ0) is 30.7. The zero-order valence-electron chi connectivity index (χ0n) is 23.8. The number of ether oxygens (including phenoxy) is 5. The second kappa shape index (κ2) is 13.1. The number of nitrogen functional groups attached to an aromatic ring is 1. The van der Waals surface area contributed by atoms with Crippen LogP contribution in [0.1, 0.15) is 25.6 Å². The van der Waals surface area contributed by atoms with Crippen LogP contribution in [0.5, 0.6) is 5.88 Å². The summed E-state index contributed by atoms with van der Waals surface area (Å²) >= 11 is 0. The van der Waals surface area contributed by atoms with E-state index < -0.39 is 50.4 Å². The van der Waals surface area contributed by atoms with Gasteiger partial charge in [-0.2, -0.15) is 9.97 Å². The third kappa shape index (κ3) is 6.76. The van der Waals surface area contributed by atoms with E-state index in [2.05, 4.69) is 19.7 Å². The van der Waals surface area contributed by atoms with Crippen LogP contribution in [0.4, 0.5) is 5.95 Å². The number of esters is 1. The molecule has 17 heteroatoms. The van der Waals surface area contributed by atoms with Crippen LogP contribution in [0.3, 0.4) is 0 Å². The summed E-state index contributed by atoms with van der Waals surface area (Å²) in [6.45, 7) is 3.49. The fourth-order valence-electron chi connectivity index (χ4n) is 4.78. The summed E-state index contributed by atoms with van der Waals surface area (Å²) in [4.78, 5) is 37.8. The predicted molar refractivity (Wildman–Crippen MR) is 149 cm³/mol. The highest BCUT2D eigenvalue weighted by molar-refractivity contribution is 7.36. The number of morpholine rings is 1. The van der Waals surface area contributed by atoms with Crippen LogP contribution in [0, 0.1) is 0 Å². The van der Waals surface area contributed by atoms with Gasteiger partial charge in [0.15, 0.2) is 29.7 Å². The summed E-state index contributed by atoms with van der Waals surface area (Å²) in [5.41, 5.74) is 5.43. The van der Waals surface area contributed by atoms with Crippen molar-refractivity contribution >= 4 is 31.2 Å². The lowest BCUT2D eigenvalue weighted by Crippen LogP contribution is -2.46. The van der Waals surface area contributed by atoms with Crippen molar-refractivity contribution in [2.24, 2.45) is 4.74 Å². The number of imidazole rings is 1. The molecule has 43 heavy (non-hydrogen) atoms. The Morgan fingerprint density at radius 2 is 2.12 bits per heavy atom. The van der Waals surface area contributed by atoms with Gasteiger partial charge in [0.2, 0.25) is 11.8 Å². The number of fused-ring (bicyclic) bond motifs is 1. The van der Waals surface area contributed by atoms with Gasteiger partial charge < -0.3 is 44.5 Å². The molecule has 7 atom stereocenters. The van der Waals surface area contributed by atoms with Gasteiger partial charge in [-0.05, 0) is 19.4 Å². The lowest BCUT2D eigenvalue weighted by molar-refractivity contribution is -0.204. The maximum Gasteiger partial charge on any atom is 0.335 e. The van der Waals surface area contributed by atoms with Crippen molar-refractivity contribution in [1.82, 2.24) is 24.2 Å². The van der Waals surface area contributed by atoms with Gasteiger partial charge in [-0.1, -0.05) is 35.1 Å². The Morgan fingerprint density at radius 3 is 2.86 bits per heavy atom. The minimum atomic E-state index is -2.28. The van der Waals surface area contributed by atoms with E-state index in [9.17, 15) is 19.9 Å². The van der Waals surface area contributed by atoms with Crippen LogP contribution in [-0.4, -0.2) is 104 Å². The lowest BCUT2D eigenvalue weighted by Gasteiger charge is -2.29. The molecule has 16 nitrogen and oxygen atoms in total.